The molecule has 3 aromatic heterocycles. The number of nitrogens with zero attached hydrogens (tertiary/aromatic N) is 3. The molecule has 0 atom stereocenters. The van der Waals surface area contributed by atoms with Crippen molar-refractivity contribution >= 4 is 28.1 Å². The molecule has 6 nitrogen and oxygen atoms in total. The lowest BCUT2D eigenvalue weighted by atomic mass is 10.2. The molecule has 0 fully saturated rings. The van der Waals surface area contributed by atoms with E-state index in [2.05, 4.69) is 4.98 Å². The molecule has 7 heteroatoms. The number of carbonyl (C=O) groups excluding carboxylic acids is 1. The van der Waals surface area contributed by atoms with Crippen LogP contribution >= 0.6 is 11.3 Å². The first-order chi connectivity index (χ1) is 13.2. The highest BCUT2D eigenvalue weighted by atomic mass is 32.1. The minimum Gasteiger partial charge on any atom is -0.467 e. The molecule has 0 aliphatic carbocycles. The van der Waals surface area contributed by atoms with Crippen molar-refractivity contribution in [3.63, 3.8) is 0 Å². The van der Waals surface area contributed by atoms with Crippen LogP contribution in [0.25, 0.3) is 10.9 Å². The van der Waals surface area contributed by atoms with Crippen molar-refractivity contribution in [3.05, 3.63) is 87.5 Å². The molecule has 0 N–H and O–H groups in total. The third-order valence-corrected chi connectivity index (χ3v) is 5.10. The minimum atomic E-state index is -0.219. The number of thiophene rings is 1. The van der Waals surface area contributed by atoms with Crippen molar-refractivity contribution in [1.82, 2.24) is 14.5 Å². The van der Waals surface area contributed by atoms with E-state index in [9.17, 15) is 9.59 Å². The van der Waals surface area contributed by atoms with E-state index in [0.717, 1.165) is 4.88 Å². The van der Waals surface area contributed by atoms with E-state index in [1.807, 2.05) is 29.6 Å². The van der Waals surface area contributed by atoms with Gasteiger partial charge in [-0.25, -0.2) is 4.98 Å². The quantitative estimate of drug-likeness (QED) is 0.516. The zero-order valence-corrected chi connectivity index (χ0v) is 15.3. The first-order valence-electron chi connectivity index (χ1n) is 8.47. The second kappa shape index (κ2) is 7.59. The van der Waals surface area contributed by atoms with Crippen LogP contribution in [0.4, 0.5) is 0 Å². The monoisotopic (exact) mass is 379 g/mol. The van der Waals surface area contributed by atoms with Gasteiger partial charge in [0.2, 0.25) is 5.91 Å². The van der Waals surface area contributed by atoms with Gasteiger partial charge in [0, 0.05) is 4.88 Å². The summed E-state index contributed by atoms with van der Waals surface area (Å²) in [5, 5.41) is 2.48. The second-order valence-electron chi connectivity index (χ2n) is 6.10. The molecule has 0 unspecified atom stereocenters. The summed E-state index contributed by atoms with van der Waals surface area (Å²) in [5.74, 6) is 0.530. The van der Waals surface area contributed by atoms with E-state index < -0.39 is 0 Å². The average molecular weight is 379 g/mol. The third-order valence-electron chi connectivity index (χ3n) is 4.24. The van der Waals surface area contributed by atoms with E-state index >= 15 is 0 Å². The molecule has 0 aliphatic rings. The number of benzene rings is 1. The van der Waals surface area contributed by atoms with Crippen LogP contribution in [-0.2, 0) is 24.4 Å². The summed E-state index contributed by atoms with van der Waals surface area (Å²) in [4.78, 5) is 32.6. The number of rotatable bonds is 6. The van der Waals surface area contributed by atoms with Crippen molar-refractivity contribution in [3.8, 4) is 0 Å². The van der Waals surface area contributed by atoms with Crippen LogP contribution in [0.2, 0.25) is 0 Å². The maximum atomic E-state index is 13.0. The number of aromatic nitrogens is 2. The summed E-state index contributed by atoms with van der Waals surface area (Å²) in [7, 11) is 0. The van der Waals surface area contributed by atoms with Crippen LogP contribution in [-0.4, -0.2) is 20.4 Å². The molecule has 3 heterocycles. The largest absolute Gasteiger partial charge is 0.467 e. The Hall–Kier alpha value is -3.19. The molecule has 27 heavy (non-hydrogen) atoms. The summed E-state index contributed by atoms with van der Waals surface area (Å²) in [6, 6.07) is 14.7. The standard InChI is InChI=1S/C20H17N3O3S/c24-19(13-23-14-21-18-8-2-1-7-17(18)20(23)25)22(11-15-5-3-9-26-15)12-16-6-4-10-27-16/h1-10,14H,11-13H2. The molecule has 0 radical (unpaired) electrons. The fourth-order valence-electron chi connectivity index (χ4n) is 2.88. The summed E-state index contributed by atoms with van der Waals surface area (Å²) in [6.45, 7) is 0.745. The van der Waals surface area contributed by atoms with Gasteiger partial charge < -0.3 is 9.32 Å². The Labute approximate surface area is 159 Å². The number of hydrogen-bond acceptors (Lipinski definition) is 5. The van der Waals surface area contributed by atoms with Crippen LogP contribution in [0.5, 0.6) is 0 Å². The summed E-state index contributed by atoms with van der Waals surface area (Å²) in [6.07, 6.45) is 3.01. The number of fused-ring (bicyclic) bond motifs is 1. The molecule has 1 amide bonds. The van der Waals surface area contributed by atoms with Gasteiger partial charge in [-0.3, -0.25) is 14.2 Å². The second-order valence-corrected chi connectivity index (χ2v) is 7.14. The molecule has 0 spiro atoms. The van der Waals surface area contributed by atoms with Gasteiger partial charge in [-0.2, -0.15) is 0 Å². The topological polar surface area (TPSA) is 68.3 Å². The normalized spacial score (nSPS) is 11.0. The van der Waals surface area contributed by atoms with Crippen LogP contribution in [0.3, 0.4) is 0 Å². The highest BCUT2D eigenvalue weighted by Gasteiger charge is 2.18. The Balaban J connectivity index is 1.59. The van der Waals surface area contributed by atoms with Crippen LogP contribution in [0.1, 0.15) is 10.6 Å². The highest BCUT2D eigenvalue weighted by molar-refractivity contribution is 7.09. The van der Waals surface area contributed by atoms with Gasteiger partial charge >= 0.3 is 0 Å². The SMILES string of the molecule is O=C(Cn1cnc2ccccc2c1=O)N(Cc1ccco1)Cc1cccs1. The van der Waals surface area contributed by atoms with Crippen molar-refractivity contribution in [2.24, 2.45) is 0 Å². The van der Waals surface area contributed by atoms with Crippen LogP contribution < -0.4 is 5.56 Å². The van der Waals surface area contributed by atoms with E-state index in [4.69, 9.17) is 4.42 Å². The lowest BCUT2D eigenvalue weighted by Crippen LogP contribution is -2.35. The van der Waals surface area contributed by atoms with Gasteiger partial charge in [-0.15, -0.1) is 11.3 Å². The third kappa shape index (κ3) is 3.83. The number of hydrogen-bond donors (Lipinski definition) is 0. The zero-order chi connectivity index (χ0) is 18.6. The molecule has 4 rings (SSSR count). The summed E-state index contributed by atoms with van der Waals surface area (Å²) in [5.41, 5.74) is 0.403. The van der Waals surface area contributed by atoms with E-state index in [-0.39, 0.29) is 18.0 Å². The molecule has 0 aliphatic heterocycles. The lowest BCUT2D eigenvalue weighted by Gasteiger charge is -2.21. The summed E-state index contributed by atoms with van der Waals surface area (Å²) >= 11 is 1.59. The minimum absolute atomic E-state index is 0.0667. The summed E-state index contributed by atoms with van der Waals surface area (Å²) < 4.78 is 6.75. The molecule has 0 saturated heterocycles. The number of furan rings is 1. The highest BCUT2D eigenvalue weighted by Crippen LogP contribution is 2.15. The number of para-hydroxylation sites is 1. The Kier molecular flexibility index (Phi) is 4.84. The molecule has 1 aromatic carbocycles. The van der Waals surface area contributed by atoms with Gasteiger partial charge in [0.05, 0.1) is 36.6 Å². The smallest absolute Gasteiger partial charge is 0.261 e. The first kappa shape index (κ1) is 17.2. The van der Waals surface area contributed by atoms with Crippen LogP contribution in [0.15, 0.2) is 75.7 Å². The van der Waals surface area contributed by atoms with E-state index in [0.29, 0.717) is 29.8 Å². The fourth-order valence-corrected chi connectivity index (χ4v) is 3.60. The maximum Gasteiger partial charge on any atom is 0.261 e. The van der Waals surface area contributed by atoms with Gasteiger partial charge in [0.15, 0.2) is 0 Å². The Bertz CT molecular complexity index is 1060. The van der Waals surface area contributed by atoms with Crippen LogP contribution in [0, 0.1) is 0 Å². The number of amides is 1. The zero-order valence-electron chi connectivity index (χ0n) is 14.4. The molecule has 136 valence electrons. The van der Waals surface area contributed by atoms with E-state index in [1.165, 1.54) is 10.9 Å². The Morgan fingerprint density at radius 1 is 1.11 bits per heavy atom. The Morgan fingerprint density at radius 3 is 2.78 bits per heavy atom. The molecule has 0 bridgehead atoms. The predicted octanol–water partition coefficient (Wildman–Crippen LogP) is 3.28. The van der Waals surface area contributed by atoms with Crippen molar-refractivity contribution in [2.75, 3.05) is 0 Å². The van der Waals surface area contributed by atoms with E-state index in [1.54, 1.807) is 46.8 Å². The Morgan fingerprint density at radius 2 is 2.00 bits per heavy atom. The molecular formula is C20H17N3O3S. The first-order valence-corrected chi connectivity index (χ1v) is 9.35. The predicted molar refractivity (Wildman–Crippen MR) is 103 cm³/mol. The van der Waals surface area contributed by atoms with Gasteiger partial charge in [-0.05, 0) is 35.7 Å². The van der Waals surface area contributed by atoms with Crippen molar-refractivity contribution < 1.29 is 9.21 Å². The fraction of sp³-hybridized carbons (Fsp3) is 0.150. The molecule has 0 saturated carbocycles. The maximum absolute atomic E-state index is 13.0. The van der Waals surface area contributed by atoms with Gasteiger partial charge in [0.25, 0.3) is 5.56 Å². The lowest BCUT2D eigenvalue weighted by molar-refractivity contribution is -0.133. The van der Waals surface area contributed by atoms with Crippen molar-refractivity contribution in [1.29, 1.82) is 0 Å². The van der Waals surface area contributed by atoms with Crippen molar-refractivity contribution in [2.45, 2.75) is 19.6 Å². The molecule has 4 aromatic rings. The average Bonchev–Trinajstić information content (AvgIpc) is 3.38. The van der Waals surface area contributed by atoms with Gasteiger partial charge in [-0.1, -0.05) is 18.2 Å². The molecular weight excluding hydrogens is 362 g/mol. The number of carbonyl (C=O) groups is 1. The van der Waals surface area contributed by atoms with Gasteiger partial charge in [0.1, 0.15) is 12.3 Å².